The van der Waals surface area contributed by atoms with Gasteiger partial charge >= 0.3 is 0 Å². The summed E-state index contributed by atoms with van der Waals surface area (Å²) >= 11 is 0. The first kappa shape index (κ1) is 58.9. The molecule has 4 aromatic rings. The number of ether oxygens (including phenoxy) is 4. The van der Waals surface area contributed by atoms with Gasteiger partial charge in [-0.2, -0.15) is 0 Å². The fraction of sp³-hybridized carbons (Fsp3) is 0.556. The van der Waals surface area contributed by atoms with Gasteiger partial charge in [0.15, 0.2) is 0 Å². The summed E-state index contributed by atoms with van der Waals surface area (Å²) in [6, 6.07) is 26.0. The van der Waals surface area contributed by atoms with Crippen LogP contribution in [0.4, 0.5) is 0 Å². The number of rotatable bonds is 20. The molecule has 388 valence electrons. The predicted molar refractivity (Wildman–Crippen MR) is 291 cm³/mol. The Kier molecular flexibility index (Phi) is 21.9. The van der Waals surface area contributed by atoms with E-state index >= 15 is 0 Å². The monoisotopic (exact) mass is 973 g/mol. The van der Waals surface area contributed by atoms with E-state index < -0.39 is 11.2 Å². The van der Waals surface area contributed by atoms with Crippen LogP contribution in [0.25, 0.3) is 0 Å². The molecule has 8 nitrogen and oxygen atoms in total. The molecule has 0 amide bonds. The Labute approximate surface area is 428 Å². The van der Waals surface area contributed by atoms with Crippen molar-refractivity contribution in [2.75, 3.05) is 39.6 Å². The van der Waals surface area contributed by atoms with Crippen LogP contribution >= 0.6 is 0 Å². The molecule has 1 unspecified atom stereocenters. The molecule has 4 aromatic carbocycles. The predicted octanol–water partition coefficient (Wildman–Crippen LogP) is 12.2. The second-order valence-electron chi connectivity index (χ2n) is 20.4. The van der Waals surface area contributed by atoms with Gasteiger partial charge in [0.2, 0.25) is 0 Å². The van der Waals surface area contributed by atoms with Crippen LogP contribution in [0, 0.1) is 57.3 Å². The van der Waals surface area contributed by atoms with Gasteiger partial charge in [0.05, 0.1) is 38.6 Å². The second-order valence-corrected chi connectivity index (χ2v) is 20.4. The molecule has 1 fully saturated rings. The van der Waals surface area contributed by atoms with Crippen molar-refractivity contribution >= 4 is 0 Å². The van der Waals surface area contributed by atoms with Crippen molar-refractivity contribution < 1.29 is 39.4 Å². The number of benzene rings is 4. The van der Waals surface area contributed by atoms with Gasteiger partial charge in [-0.05, 0) is 162 Å². The topological polar surface area (TPSA) is 118 Å². The maximum atomic E-state index is 10.6. The van der Waals surface area contributed by atoms with Gasteiger partial charge < -0.3 is 39.4 Å². The lowest BCUT2D eigenvalue weighted by atomic mass is 9.70. The summed E-state index contributed by atoms with van der Waals surface area (Å²) in [5, 5.41) is 39.7. The molecule has 1 aliphatic rings. The van der Waals surface area contributed by atoms with Crippen molar-refractivity contribution in [2.45, 2.75) is 182 Å². The summed E-state index contributed by atoms with van der Waals surface area (Å²) in [5.41, 5.74) is 9.12. The molecule has 71 heavy (non-hydrogen) atoms. The Bertz CT molecular complexity index is 2430. The third-order valence-corrected chi connectivity index (χ3v) is 15.4. The molecule has 0 saturated carbocycles. The molecular formula is C63H88O8. The second kappa shape index (κ2) is 26.4. The average molecular weight is 973 g/mol. The minimum atomic E-state index is -0.933. The summed E-state index contributed by atoms with van der Waals surface area (Å²) in [7, 11) is 0. The van der Waals surface area contributed by atoms with Crippen LogP contribution in [0.2, 0.25) is 0 Å². The highest BCUT2D eigenvalue weighted by Crippen LogP contribution is 2.42. The number of aliphatic hydroxyl groups excluding tert-OH is 2. The summed E-state index contributed by atoms with van der Waals surface area (Å²) in [6.07, 6.45) is 6.32. The van der Waals surface area contributed by atoms with Crippen molar-refractivity contribution in [1.29, 1.82) is 0 Å². The maximum absolute atomic E-state index is 10.6. The molecule has 8 heteroatoms. The first-order chi connectivity index (χ1) is 33.7. The van der Waals surface area contributed by atoms with Crippen LogP contribution in [0.3, 0.4) is 0 Å². The quantitative estimate of drug-likeness (QED) is 0.0647. The first-order valence-corrected chi connectivity index (χ1v) is 26.4. The lowest BCUT2D eigenvalue weighted by Gasteiger charge is -2.35. The fourth-order valence-electron chi connectivity index (χ4n) is 9.49. The van der Waals surface area contributed by atoms with E-state index in [1.54, 1.807) is 0 Å². The number of aliphatic hydroxyl groups is 4. The minimum Gasteiger partial charge on any atom is -0.493 e. The van der Waals surface area contributed by atoms with Gasteiger partial charge in [0.1, 0.15) is 35.4 Å². The van der Waals surface area contributed by atoms with Crippen molar-refractivity contribution in [3.05, 3.63) is 128 Å². The molecular weight excluding hydrogens is 885 g/mol. The van der Waals surface area contributed by atoms with Gasteiger partial charge in [-0.1, -0.05) is 128 Å². The van der Waals surface area contributed by atoms with E-state index in [-0.39, 0.29) is 48.3 Å². The first-order valence-electron chi connectivity index (χ1n) is 26.4. The summed E-state index contributed by atoms with van der Waals surface area (Å²) in [6.45, 7) is 31.0. The van der Waals surface area contributed by atoms with Gasteiger partial charge in [-0.15, -0.1) is 0 Å². The summed E-state index contributed by atoms with van der Waals surface area (Å²) < 4.78 is 23.8. The van der Waals surface area contributed by atoms with Gasteiger partial charge in [-0.3, -0.25) is 0 Å². The lowest BCUT2D eigenvalue weighted by molar-refractivity contribution is -0.181. The summed E-state index contributed by atoms with van der Waals surface area (Å²) in [4.78, 5) is 0. The third kappa shape index (κ3) is 14.8. The standard InChI is InChI=1S/C33H46O4.C30H42O4/c1-9-32(34,10-2)18-17-26-13-14-27(19-24(26)5)33(11-3,12-4)28-15-16-30(25(6)20-28)35-21-29-22-37-31(7,8)23-36-29;1-7-29(33,8-2)16-15-25-11-12-26(17-22(25)5)30(9-3,10-4)27-13-14-28(23(6)18-27)34-21-24(19-31)20-32/h13-16,19-20,29,34H,9-12,21-23H2,1-8H3;11-14,17-18,24,31-33H,7-10,19-21H2,1-6H3. The molecule has 5 rings (SSSR count). The molecule has 1 saturated heterocycles. The van der Waals surface area contributed by atoms with E-state index in [0.29, 0.717) is 45.5 Å². The zero-order valence-corrected chi connectivity index (χ0v) is 45.9. The Hall–Kier alpha value is -4.64. The van der Waals surface area contributed by atoms with Gasteiger partial charge in [0, 0.05) is 27.9 Å². The van der Waals surface area contributed by atoms with Crippen LogP contribution < -0.4 is 9.47 Å². The molecule has 1 atom stereocenters. The molecule has 0 aliphatic carbocycles. The molecule has 0 radical (unpaired) electrons. The van der Waals surface area contributed by atoms with Crippen LogP contribution in [0.5, 0.6) is 11.5 Å². The lowest BCUT2D eigenvalue weighted by Crippen LogP contribution is -2.44. The highest BCUT2D eigenvalue weighted by Gasteiger charge is 2.34. The van der Waals surface area contributed by atoms with Crippen molar-refractivity contribution in [3.8, 4) is 35.2 Å². The Morgan fingerprint density at radius 1 is 0.563 bits per heavy atom. The van der Waals surface area contributed by atoms with Crippen LogP contribution in [-0.4, -0.2) is 83.0 Å². The van der Waals surface area contributed by atoms with E-state index in [0.717, 1.165) is 70.6 Å². The van der Waals surface area contributed by atoms with Crippen molar-refractivity contribution in [2.24, 2.45) is 5.92 Å². The van der Waals surface area contributed by atoms with Crippen LogP contribution in [-0.2, 0) is 20.3 Å². The van der Waals surface area contributed by atoms with Gasteiger partial charge in [-0.25, -0.2) is 0 Å². The molecule has 0 spiro atoms. The Balaban J connectivity index is 0.000000310. The van der Waals surface area contributed by atoms with E-state index in [1.807, 2.05) is 54.5 Å². The smallest absolute Gasteiger partial charge is 0.125 e. The number of aryl methyl sites for hydroxylation is 4. The molecule has 1 aliphatic heterocycles. The summed E-state index contributed by atoms with van der Waals surface area (Å²) in [5.74, 6) is 14.0. The number of hydrogen-bond acceptors (Lipinski definition) is 8. The molecule has 0 aromatic heterocycles. The van der Waals surface area contributed by atoms with E-state index in [9.17, 15) is 20.4 Å². The van der Waals surface area contributed by atoms with Crippen LogP contribution in [0.15, 0.2) is 72.8 Å². The Morgan fingerprint density at radius 3 is 1.27 bits per heavy atom. The van der Waals surface area contributed by atoms with Crippen molar-refractivity contribution in [1.82, 2.24) is 0 Å². The van der Waals surface area contributed by atoms with E-state index in [4.69, 9.17) is 18.9 Å². The molecule has 1 heterocycles. The third-order valence-electron chi connectivity index (χ3n) is 15.4. The van der Waals surface area contributed by atoms with Crippen molar-refractivity contribution in [3.63, 3.8) is 0 Å². The average Bonchev–Trinajstić information content (AvgIpc) is 3.37. The fourth-order valence-corrected chi connectivity index (χ4v) is 9.49. The normalized spacial score (nSPS) is 14.9. The maximum Gasteiger partial charge on any atom is 0.125 e. The molecule has 0 bridgehead atoms. The SMILES string of the molecule is CCC(O)(C#Cc1ccc(C(CC)(CC)c2ccc(OCC(CO)CO)c(C)c2)cc1C)CC.CCC(O)(C#Cc1ccc(C(CC)(CC)c2ccc(OCC3COC(C)(C)CO3)c(C)c2)cc1C)CC. The van der Waals surface area contributed by atoms with Crippen LogP contribution in [0.1, 0.15) is 176 Å². The zero-order valence-electron chi connectivity index (χ0n) is 45.9. The molecule has 4 N–H and O–H groups in total. The van der Waals surface area contributed by atoms with E-state index in [1.165, 1.54) is 22.3 Å². The van der Waals surface area contributed by atoms with Gasteiger partial charge in [0.25, 0.3) is 0 Å². The minimum absolute atomic E-state index is 0.0484. The Morgan fingerprint density at radius 2 is 0.944 bits per heavy atom. The number of hydrogen-bond donors (Lipinski definition) is 4. The highest BCUT2D eigenvalue weighted by molar-refractivity contribution is 5.52. The zero-order chi connectivity index (χ0) is 52.6. The largest absolute Gasteiger partial charge is 0.493 e. The van der Waals surface area contributed by atoms with E-state index in [2.05, 4.69) is 139 Å². The highest BCUT2D eigenvalue weighted by atomic mass is 16.6.